The Hall–Kier alpha value is -1.26. The number of hydrogen-bond acceptors (Lipinski definition) is 1. The molecule has 0 heterocycles. The fourth-order valence-corrected chi connectivity index (χ4v) is 1.21. The van der Waals surface area contributed by atoms with Crippen LogP contribution < -0.4 is 0 Å². The summed E-state index contributed by atoms with van der Waals surface area (Å²) in [6, 6.07) is 10.2. The van der Waals surface area contributed by atoms with E-state index in [0.29, 0.717) is 12.5 Å². The van der Waals surface area contributed by atoms with E-state index >= 15 is 0 Å². The van der Waals surface area contributed by atoms with Gasteiger partial charge in [-0.15, -0.1) is 12.3 Å². The van der Waals surface area contributed by atoms with Gasteiger partial charge in [0.2, 0.25) is 0 Å². The lowest BCUT2D eigenvalue weighted by Crippen LogP contribution is -2.04. The fourth-order valence-electron chi connectivity index (χ4n) is 1.21. The minimum absolute atomic E-state index is 0.448. The minimum Gasteiger partial charge on any atom is -0.376 e. The molecule has 0 fully saturated rings. The fraction of sp³-hybridized carbons (Fsp3) is 0.385. The Labute approximate surface area is 86.1 Å². The number of rotatable bonds is 5. The van der Waals surface area contributed by atoms with Crippen molar-refractivity contribution in [2.75, 3.05) is 6.61 Å². The molecule has 0 saturated heterocycles. The van der Waals surface area contributed by atoms with E-state index in [1.165, 1.54) is 5.56 Å². The molecule has 0 saturated carbocycles. The highest BCUT2D eigenvalue weighted by atomic mass is 16.5. The molecular formula is C13H16O. The van der Waals surface area contributed by atoms with Crippen molar-refractivity contribution in [1.82, 2.24) is 0 Å². The first-order chi connectivity index (χ1) is 6.83. The van der Waals surface area contributed by atoms with E-state index < -0.39 is 0 Å². The predicted octanol–water partition coefficient (Wildman–Crippen LogP) is 2.86. The van der Waals surface area contributed by atoms with E-state index in [1.54, 1.807) is 0 Å². The van der Waals surface area contributed by atoms with E-state index in [0.717, 1.165) is 13.0 Å². The summed E-state index contributed by atoms with van der Waals surface area (Å²) in [7, 11) is 0. The Bertz CT molecular complexity index is 284. The van der Waals surface area contributed by atoms with Crippen molar-refractivity contribution in [1.29, 1.82) is 0 Å². The molecule has 0 aliphatic carbocycles. The molecular weight excluding hydrogens is 172 g/mol. The number of ether oxygens (including phenoxy) is 1. The topological polar surface area (TPSA) is 9.23 Å². The highest BCUT2D eigenvalue weighted by Gasteiger charge is 1.99. The summed E-state index contributed by atoms with van der Waals surface area (Å²) in [5.74, 6) is 3.08. The van der Waals surface area contributed by atoms with Crippen molar-refractivity contribution in [3.8, 4) is 12.3 Å². The van der Waals surface area contributed by atoms with Crippen LogP contribution in [0.5, 0.6) is 0 Å². The Kier molecular flexibility index (Phi) is 4.82. The van der Waals surface area contributed by atoms with Gasteiger partial charge in [0, 0.05) is 6.42 Å². The minimum atomic E-state index is 0.448. The van der Waals surface area contributed by atoms with Gasteiger partial charge in [0.15, 0.2) is 0 Å². The van der Waals surface area contributed by atoms with Crippen LogP contribution in [0.2, 0.25) is 0 Å². The van der Waals surface area contributed by atoms with E-state index in [4.69, 9.17) is 11.2 Å². The Morgan fingerprint density at radius 3 is 2.71 bits per heavy atom. The average molecular weight is 188 g/mol. The molecule has 0 aliphatic heterocycles. The standard InChI is InChI=1S/C13H16O/c1-3-7-12(2)10-14-11-13-8-5-4-6-9-13/h1,4-6,8-9,12H,7,10-11H2,2H3/t12-/m0/s1. The maximum absolute atomic E-state index is 5.54. The predicted molar refractivity (Wildman–Crippen MR) is 58.7 cm³/mol. The molecule has 1 rings (SSSR count). The third kappa shape index (κ3) is 4.11. The second-order valence-corrected chi connectivity index (χ2v) is 3.51. The quantitative estimate of drug-likeness (QED) is 0.646. The summed E-state index contributed by atoms with van der Waals surface area (Å²) in [5, 5.41) is 0. The van der Waals surface area contributed by atoms with Crippen LogP contribution in [0.3, 0.4) is 0 Å². The first kappa shape index (κ1) is 10.8. The van der Waals surface area contributed by atoms with Crippen molar-refractivity contribution >= 4 is 0 Å². The van der Waals surface area contributed by atoms with E-state index in [9.17, 15) is 0 Å². The Morgan fingerprint density at radius 1 is 1.36 bits per heavy atom. The molecule has 0 spiro atoms. The first-order valence-electron chi connectivity index (χ1n) is 4.88. The molecule has 0 aromatic heterocycles. The second kappa shape index (κ2) is 6.23. The van der Waals surface area contributed by atoms with Crippen LogP contribution in [-0.4, -0.2) is 6.61 Å². The molecule has 1 aromatic rings. The molecule has 0 aliphatic rings. The largest absolute Gasteiger partial charge is 0.376 e. The highest BCUT2D eigenvalue weighted by molar-refractivity contribution is 5.13. The monoisotopic (exact) mass is 188 g/mol. The smallest absolute Gasteiger partial charge is 0.0717 e. The van der Waals surface area contributed by atoms with E-state index in [-0.39, 0.29) is 0 Å². The zero-order valence-electron chi connectivity index (χ0n) is 8.57. The van der Waals surface area contributed by atoms with Crippen LogP contribution in [0.1, 0.15) is 18.9 Å². The molecule has 1 atom stereocenters. The zero-order chi connectivity index (χ0) is 10.2. The molecule has 14 heavy (non-hydrogen) atoms. The molecule has 1 nitrogen and oxygen atoms in total. The third-order valence-corrected chi connectivity index (χ3v) is 1.98. The van der Waals surface area contributed by atoms with Crippen LogP contribution in [0.25, 0.3) is 0 Å². The van der Waals surface area contributed by atoms with Gasteiger partial charge in [-0.2, -0.15) is 0 Å². The SMILES string of the molecule is C#CC[C@H](C)COCc1ccccc1. The van der Waals surface area contributed by atoms with Crippen LogP contribution in [-0.2, 0) is 11.3 Å². The van der Waals surface area contributed by atoms with E-state index in [1.807, 2.05) is 18.2 Å². The molecule has 74 valence electrons. The number of benzene rings is 1. The molecule has 0 radical (unpaired) electrons. The normalized spacial score (nSPS) is 12.0. The molecule has 1 heteroatoms. The maximum Gasteiger partial charge on any atom is 0.0717 e. The zero-order valence-corrected chi connectivity index (χ0v) is 8.57. The van der Waals surface area contributed by atoms with Crippen molar-refractivity contribution < 1.29 is 4.74 Å². The van der Waals surface area contributed by atoms with Crippen LogP contribution in [0.4, 0.5) is 0 Å². The van der Waals surface area contributed by atoms with Gasteiger partial charge >= 0.3 is 0 Å². The lowest BCUT2D eigenvalue weighted by molar-refractivity contribution is 0.0935. The van der Waals surface area contributed by atoms with Crippen molar-refractivity contribution in [2.24, 2.45) is 5.92 Å². The van der Waals surface area contributed by atoms with Gasteiger partial charge < -0.3 is 4.74 Å². The van der Waals surface area contributed by atoms with E-state index in [2.05, 4.69) is 25.0 Å². The summed E-state index contributed by atoms with van der Waals surface area (Å²) >= 11 is 0. The molecule has 0 bridgehead atoms. The van der Waals surface area contributed by atoms with Crippen molar-refractivity contribution in [2.45, 2.75) is 20.0 Å². The van der Waals surface area contributed by atoms with Gasteiger partial charge in [0.25, 0.3) is 0 Å². The highest BCUT2D eigenvalue weighted by Crippen LogP contribution is 2.05. The molecule has 0 N–H and O–H groups in total. The Morgan fingerprint density at radius 2 is 2.07 bits per heavy atom. The van der Waals surface area contributed by atoms with Gasteiger partial charge in [-0.1, -0.05) is 37.3 Å². The molecule has 1 aromatic carbocycles. The third-order valence-electron chi connectivity index (χ3n) is 1.98. The van der Waals surface area contributed by atoms with Gasteiger partial charge in [0.1, 0.15) is 0 Å². The van der Waals surface area contributed by atoms with Crippen LogP contribution in [0, 0.1) is 18.3 Å². The van der Waals surface area contributed by atoms with Crippen LogP contribution in [0.15, 0.2) is 30.3 Å². The maximum atomic E-state index is 5.54. The summed E-state index contributed by atoms with van der Waals surface area (Å²) < 4.78 is 5.54. The Balaban J connectivity index is 2.19. The second-order valence-electron chi connectivity index (χ2n) is 3.51. The lowest BCUT2D eigenvalue weighted by Gasteiger charge is -2.08. The van der Waals surface area contributed by atoms with Crippen LogP contribution >= 0.6 is 0 Å². The van der Waals surface area contributed by atoms with Crippen molar-refractivity contribution in [3.05, 3.63) is 35.9 Å². The first-order valence-corrected chi connectivity index (χ1v) is 4.88. The summed E-state index contributed by atoms with van der Waals surface area (Å²) in [6.07, 6.45) is 5.99. The average Bonchev–Trinajstić information content (AvgIpc) is 2.20. The van der Waals surface area contributed by atoms with Gasteiger partial charge in [-0.05, 0) is 11.5 Å². The molecule has 0 amide bonds. The summed E-state index contributed by atoms with van der Waals surface area (Å²) in [6.45, 7) is 3.51. The number of terminal acetylenes is 1. The molecule has 0 unspecified atom stereocenters. The van der Waals surface area contributed by atoms with Gasteiger partial charge in [0.05, 0.1) is 13.2 Å². The summed E-state index contributed by atoms with van der Waals surface area (Å²) in [5.41, 5.74) is 1.21. The van der Waals surface area contributed by atoms with Gasteiger partial charge in [-0.25, -0.2) is 0 Å². The van der Waals surface area contributed by atoms with Crippen molar-refractivity contribution in [3.63, 3.8) is 0 Å². The summed E-state index contributed by atoms with van der Waals surface area (Å²) in [4.78, 5) is 0. The lowest BCUT2D eigenvalue weighted by atomic mass is 10.1. The van der Waals surface area contributed by atoms with Gasteiger partial charge in [-0.3, -0.25) is 0 Å². The number of hydrogen-bond donors (Lipinski definition) is 0.